The predicted molar refractivity (Wildman–Crippen MR) is 66.9 cm³/mol. The number of carbonyl (C=O) groups excluding carboxylic acids is 1. The molecule has 6 heteroatoms. The van der Waals surface area contributed by atoms with Crippen molar-refractivity contribution in [2.24, 2.45) is 5.73 Å². The Bertz CT molecular complexity index is 508. The van der Waals surface area contributed by atoms with Gasteiger partial charge in [0.25, 0.3) is 0 Å². The fourth-order valence-electron chi connectivity index (χ4n) is 2.10. The average Bonchev–Trinajstić information content (AvgIpc) is 2.38. The molecule has 1 aromatic heterocycles. The molecule has 0 saturated carbocycles. The quantitative estimate of drug-likeness (QED) is 0.734. The van der Waals surface area contributed by atoms with Crippen molar-refractivity contribution in [1.82, 2.24) is 10.3 Å². The molecule has 1 atom stereocenters. The SMILES string of the molecule is Cc1cc(C#N)cc(N2CCNCC2C(N)=O)n1. The third-order valence-electron chi connectivity index (χ3n) is 2.94. The van der Waals surface area contributed by atoms with Gasteiger partial charge in [-0.3, -0.25) is 4.79 Å². The zero-order valence-corrected chi connectivity index (χ0v) is 10.2. The lowest BCUT2D eigenvalue weighted by atomic mass is 10.1. The molecule has 2 heterocycles. The summed E-state index contributed by atoms with van der Waals surface area (Å²) in [4.78, 5) is 17.7. The average molecular weight is 245 g/mol. The molecule has 6 nitrogen and oxygen atoms in total. The molecule has 1 aromatic rings. The fourth-order valence-corrected chi connectivity index (χ4v) is 2.10. The molecule has 1 saturated heterocycles. The zero-order chi connectivity index (χ0) is 13.1. The van der Waals surface area contributed by atoms with Gasteiger partial charge in [-0.2, -0.15) is 5.26 Å². The van der Waals surface area contributed by atoms with Crippen molar-refractivity contribution in [3.8, 4) is 6.07 Å². The first-order valence-corrected chi connectivity index (χ1v) is 5.77. The van der Waals surface area contributed by atoms with Crippen LogP contribution in [0.15, 0.2) is 12.1 Å². The number of aryl methyl sites for hydroxylation is 1. The standard InChI is InChI=1S/C12H15N5O/c1-8-4-9(6-13)5-11(16-8)17-3-2-15-7-10(17)12(14)18/h4-5,10,15H,2-3,7H2,1H3,(H2,14,18). The molecule has 3 N–H and O–H groups in total. The molecular weight excluding hydrogens is 230 g/mol. The molecule has 0 aromatic carbocycles. The number of nitriles is 1. The van der Waals surface area contributed by atoms with Crippen LogP contribution in [0.4, 0.5) is 5.82 Å². The molecule has 0 aliphatic carbocycles. The van der Waals surface area contributed by atoms with E-state index >= 15 is 0 Å². The minimum Gasteiger partial charge on any atom is -0.368 e. The lowest BCUT2D eigenvalue weighted by Gasteiger charge is -2.35. The van der Waals surface area contributed by atoms with Gasteiger partial charge in [-0.05, 0) is 19.1 Å². The zero-order valence-electron chi connectivity index (χ0n) is 10.2. The maximum Gasteiger partial charge on any atom is 0.241 e. The van der Waals surface area contributed by atoms with Gasteiger partial charge in [-0.25, -0.2) is 4.98 Å². The molecule has 1 unspecified atom stereocenters. The molecule has 1 aliphatic rings. The highest BCUT2D eigenvalue weighted by atomic mass is 16.1. The maximum atomic E-state index is 11.4. The first kappa shape index (κ1) is 12.3. The number of nitrogens with zero attached hydrogens (tertiary/aromatic N) is 3. The Kier molecular flexibility index (Phi) is 3.44. The summed E-state index contributed by atoms with van der Waals surface area (Å²) >= 11 is 0. The second-order valence-corrected chi connectivity index (χ2v) is 4.28. The van der Waals surface area contributed by atoms with Gasteiger partial charge >= 0.3 is 0 Å². The number of nitrogens with one attached hydrogen (secondary N) is 1. The molecule has 1 amide bonds. The van der Waals surface area contributed by atoms with Crippen LogP contribution in [0.1, 0.15) is 11.3 Å². The van der Waals surface area contributed by atoms with Crippen molar-refractivity contribution < 1.29 is 4.79 Å². The Morgan fingerprint density at radius 1 is 1.67 bits per heavy atom. The molecule has 1 fully saturated rings. The number of primary amides is 1. The third-order valence-corrected chi connectivity index (χ3v) is 2.94. The van der Waals surface area contributed by atoms with E-state index in [0.29, 0.717) is 24.5 Å². The van der Waals surface area contributed by atoms with Crippen LogP contribution in [0, 0.1) is 18.3 Å². The first-order chi connectivity index (χ1) is 8.61. The fraction of sp³-hybridized carbons (Fsp3) is 0.417. The number of nitrogens with two attached hydrogens (primary N) is 1. The highest BCUT2D eigenvalue weighted by Gasteiger charge is 2.28. The Hall–Kier alpha value is -2.13. The number of anilines is 1. The maximum absolute atomic E-state index is 11.4. The van der Waals surface area contributed by atoms with E-state index in [4.69, 9.17) is 11.0 Å². The second-order valence-electron chi connectivity index (χ2n) is 4.28. The molecule has 0 bridgehead atoms. The van der Waals surface area contributed by atoms with Crippen molar-refractivity contribution in [1.29, 1.82) is 5.26 Å². The summed E-state index contributed by atoms with van der Waals surface area (Å²) in [5, 5.41) is 12.1. The Balaban J connectivity index is 2.36. The molecule has 94 valence electrons. The van der Waals surface area contributed by atoms with Gasteiger partial charge in [-0.15, -0.1) is 0 Å². The third kappa shape index (κ3) is 2.41. The van der Waals surface area contributed by atoms with Crippen molar-refractivity contribution in [2.45, 2.75) is 13.0 Å². The Morgan fingerprint density at radius 3 is 3.11 bits per heavy atom. The molecule has 0 spiro atoms. The van der Waals surface area contributed by atoms with Crippen LogP contribution >= 0.6 is 0 Å². The van der Waals surface area contributed by atoms with E-state index in [2.05, 4.69) is 16.4 Å². The van der Waals surface area contributed by atoms with Gasteiger partial charge in [0.05, 0.1) is 11.6 Å². The number of piperazine rings is 1. The number of rotatable bonds is 2. The van der Waals surface area contributed by atoms with Crippen LogP contribution in [-0.2, 0) is 4.79 Å². The van der Waals surface area contributed by atoms with E-state index in [1.54, 1.807) is 12.1 Å². The number of amides is 1. The van der Waals surface area contributed by atoms with Crippen molar-refractivity contribution in [3.05, 3.63) is 23.4 Å². The summed E-state index contributed by atoms with van der Waals surface area (Å²) in [5.41, 5.74) is 6.69. The van der Waals surface area contributed by atoms with E-state index in [1.807, 2.05) is 11.8 Å². The van der Waals surface area contributed by atoms with Gasteiger partial charge in [0.1, 0.15) is 11.9 Å². The van der Waals surface area contributed by atoms with E-state index in [9.17, 15) is 4.79 Å². The number of hydrogen-bond donors (Lipinski definition) is 2. The lowest BCUT2D eigenvalue weighted by Crippen LogP contribution is -2.57. The molecular formula is C12H15N5O. The Morgan fingerprint density at radius 2 is 2.44 bits per heavy atom. The summed E-state index contributed by atoms with van der Waals surface area (Å²) in [7, 11) is 0. The van der Waals surface area contributed by atoms with Gasteiger partial charge in [0, 0.05) is 25.3 Å². The van der Waals surface area contributed by atoms with Crippen LogP contribution < -0.4 is 16.0 Å². The van der Waals surface area contributed by atoms with Crippen molar-refractivity contribution >= 4 is 11.7 Å². The lowest BCUT2D eigenvalue weighted by molar-refractivity contribution is -0.119. The first-order valence-electron chi connectivity index (χ1n) is 5.77. The van der Waals surface area contributed by atoms with Gasteiger partial charge in [0.2, 0.25) is 5.91 Å². The molecule has 2 rings (SSSR count). The molecule has 18 heavy (non-hydrogen) atoms. The van der Waals surface area contributed by atoms with E-state index in [1.165, 1.54) is 0 Å². The topological polar surface area (TPSA) is 95.0 Å². The minimum absolute atomic E-state index is 0.385. The Labute approximate surface area is 105 Å². The normalized spacial score (nSPS) is 19.3. The van der Waals surface area contributed by atoms with Crippen LogP contribution in [0.2, 0.25) is 0 Å². The van der Waals surface area contributed by atoms with Crippen LogP contribution in [0.5, 0.6) is 0 Å². The van der Waals surface area contributed by atoms with Gasteiger partial charge < -0.3 is 16.0 Å². The predicted octanol–water partition coefficient (Wildman–Crippen LogP) is -0.475. The number of pyridine rings is 1. The number of hydrogen-bond acceptors (Lipinski definition) is 5. The summed E-state index contributed by atoms with van der Waals surface area (Å²) in [6.45, 7) is 3.74. The van der Waals surface area contributed by atoms with Crippen molar-refractivity contribution in [2.75, 3.05) is 24.5 Å². The van der Waals surface area contributed by atoms with Crippen LogP contribution in [0.25, 0.3) is 0 Å². The summed E-state index contributed by atoms with van der Waals surface area (Å²) in [5.74, 6) is 0.251. The van der Waals surface area contributed by atoms with E-state index in [-0.39, 0.29) is 5.91 Å². The van der Waals surface area contributed by atoms with Crippen LogP contribution in [0.3, 0.4) is 0 Å². The highest BCUT2D eigenvalue weighted by Crippen LogP contribution is 2.18. The summed E-state index contributed by atoms with van der Waals surface area (Å²) < 4.78 is 0. The van der Waals surface area contributed by atoms with Gasteiger partial charge in [-0.1, -0.05) is 0 Å². The monoisotopic (exact) mass is 245 g/mol. The second kappa shape index (κ2) is 5.02. The number of carbonyl (C=O) groups is 1. The minimum atomic E-state index is -0.417. The largest absolute Gasteiger partial charge is 0.368 e. The highest BCUT2D eigenvalue weighted by molar-refractivity contribution is 5.84. The summed E-state index contributed by atoms with van der Waals surface area (Å²) in [6, 6.07) is 5.08. The van der Waals surface area contributed by atoms with Gasteiger partial charge in [0.15, 0.2) is 0 Å². The summed E-state index contributed by atoms with van der Waals surface area (Å²) in [6.07, 6.45) is 0. The number of aromatic nitrogens is 1. The van der Waals surface area contributed by atoms with E-state index in [0.717, 1.165) is 12.2 Å². The molecule has 0 radical (unpaired) electrons. The smallest absolute Gasteiger partial charge is 0.241 e. The van der Waals surface area contributed by atoms with Crippen LogP contribution in [-0.4, -0.2) is 36.6 Å². The van der Waals surface area contributed by atoms with E-state index < -0.39 is 6.04 Å². The molecule has 1 aliphatic heterocycles. The van der Waals surface area contributed by atoms with Crippen molar-refractivity contribution in [3.63, 3.8) is 0 Å².